The molecular weight excluding hydrogens is 206 g/mol. The largest absolute Gasteiger partial charge is 0.399 e. The molecule has 0 amide bonds. The Bertz CT molecular complexity index is 348. The van der Waals surface area contributed by atoms with Crippen molar-refractivity contribution in [3.05, 3.63) is 41.5 Å². The highest BCUT2D eigenvalue weighted by Gasteiger charge is 2.10. The van der Waals surface area contributed by atoms with Crippen molar-refractivity contribution in [2.45, 2.75) is 52.4 Å². The molecule has 0 spiro atoms. The Morgan fingerprint density at radius 2 is 1.88 bits per heavy atom. The minimum atomic E-state index is 0.642. The minimum absolute atomic E-state index is 0.642. The van der Waals surface area contributed by atoms with Gasteiger partial charge in [-0.15, -0.1) is 0 Å². The highest BCUT2D eigenvalue weighted by molar-refractivity contribution is 5.40. The second-order valence-electron chi connectivity index (χ2n) is 4.82. The van der Waals surface area contributed by atoms with Crippen LogP contribution in [0.1, 0.15) is 57.9 Å². The van der Waals surface area contributed by atoms with Crippen LogP contribution in [0.15, 0.2) is 35.9 Å². The number of anilines is 1. The lowest BCUT2D eigenvalue weighted by atomic mass is 9.88. The van der Waals surface area contributed by atoms with Gasteiger partial charge in [-0.05, 0) is 49.8 Å². The molecule has 0 saturated carbocycles. The van der Waals surface area contributed by atoms with Crippen molar-refractivity contribution in [3.63, 3.8) is 0 Å². The molecule has 1 nitrogen and oxygen atoms in total. The molecule has 0 saturated heterocycles. The van der Waals surface area contributed by atoms with E-state index in [4.69, 9.17) is 5.73 Å². The molecule has 94 valence electrons. The maximum absolute atomic E-state index is 5.74. The van der Waals surface area contributed by atoms with Gasteiger partial charge in [0.05, 0.1) is 0 Å². The van der Waals surface area contributed by atoms with E-state index < -0.39 is 0 Å². The summed E-state index contributed by atoms with van der Waals surface area (Å²) in [6, 6.07) is 8.37. The maximum Gasteiger partial charge on any atom is 0.0314 e. The molecule has 0 aliphatic carbocycles. The Labute approximate surface area is 106 Å². The van der Waals surface area contributed by atoms with E-state index >= 15 is 0 Å². The summed E-state index contributed by atoms with van der Waals surface area (Å²) in [5, 5.41) is 0. The SMILES string of the molecule is CC/C=C(/C)CC(CCC)c1ccc(N)cc1. The summed E-state index contributed by atoms with van der Waals surface area (Å²) in [6.07, 6.45) is 7.12. The average Bonchev–Trinajstić information content (AvgIpc) is 2.30. The third-order valence-electron chi connectivity index (χ3n) is 3.17. The number of nitrogens with two attached hydrogens (primary N) is 1. The van der Waals surface area contributed by atoms with Crippen LogP contribution in [0.3, 0.4) is 0 Å². The molecule has 1 aromatic carbocycles. The van der Waals surface area contributed by atoms with E-state index in [2.05, 4.69) is 39.0 Å². The molecule has 1 unspecified atom stereocenters. The summed E-state index contributed by atoms with van der Waals surface area (Å²) < 4.78 is 0. The van der Waals surface area contributed by atoms with Gasteiger partial charge in [0.25, 0.3) is 0 Å². The minimum Gasteiger partial charge on any atom is -0.399 e. The number of benzene rings is 1. The Morgan fingerprint density at radius 1 is 1.24 bits per heavy atom. The molecule has 0 aliphatic heterocycles. The Balaban J connectivity index is 2.78. The summed E-state index contributed by atoms with van der Waals surface area (Å²) in [7, 11) is 0. The third kappa shape index (κ3) is 4.64. The summed E-state index contributed by atoms with van der Waals surface area (Å²) in [5.74, 6) is 0.642. The fourth-order valence-electron chi connectivity index (χ4n) is 2.32. The van der Waals surface area contributed by atoms with E-state index in [9.17, 15) is 0 Å². The predicted molar refractivity (Wildman–Crippen MR) is 77.2 cm³/mol. The molecule has 0 heterocycles. The zero-order chi connectivity index (χ0) is 12.7. The molecule has 1 heteroatoms. The zero-order valence-corrected chi connectivity index (χ0v) is 11.4. The molecular formula is C16H25N. The lowest BCUT2D eigenvalue weighted by Crippen LogP contribution is -2.00. The van der Waals surface area contributed by atoms with Gasteiger partial charge < -0.3 is 5.73 Å². The third-order valence-corrected chi connectivity index (χ3v) is 3.17. The quantitative estimate of drug-likeness (QED) is 0.547. The smallest absolute Gasteiger partial charge is 0.0314 e. The zero-order valence-electron chi connectivity index (χ0n) is 11.4. The van der Waals surface area contributed by atoms with Gasteiger partial charge in [-0.2, -0.15) is 0 Å². The Kier molecular flexibility index (Phi) is 5.82. The van der Waals surface area contributed by atoms with Gasteiger partial charge in [-0.25, -0.2) is 0 Å². The number of hydrogen-bond donors (Lipinski definition) is 1. The second kappa shape index (κ2) is 7.16. The summed E-state index contributed by atoms with van der Waals surface area (Å²) in [6.45, 7) is 6.69. The van der Waals surface area contributed by atoms with Crippen LogP contribution < -0.4 is 5.73 Å². The normalized spacial score (nSPS) is 13.7. The van der Waals surface area contributed by atoms with Crippen molar-refractivity contribution in [1.82, 2.24) is 0 Å². The van der Waals surface area contributed by atoms with Crippen molar-refractivity contribution >= 4 is 5.69 Å². The van der Waals surface area contributed by atoms with Gasteiger partial charge >= 0.3 is 0 Å². The van der Waals surface area contributed by atoms with Crippen molar-refractivity contribution in [2.75, 3.05) is 5.73 Å². The average molecular weight is 231 g/mol. The molecule has 0 aromatic heterocycles. The monoisotopic (exact) mass is 231 g/mol. The first-order valence-corrected chi connectivity index (χ1v) is 6.68. The van der Waals surface area contributed by atoms with E-state index in [1.807, 2.05) is 12.1 Å². The standard InChI is InChI=1S/C16H25N/c1-4-6-13(3)12-15(7-5-2)14-8-10-16(17)11-9-14/h6,8-11,15H,4-5,7,12,17H2,1-3H3/b13-6-. The Hall–Kier alpha value is -1.24. The van der Waals surface area contributed by atoms with Crippen LogP contribution in [0.2, 0.25) is 0 Å². The van der Waals surface area contributed by atoms with Crippen LogP contribution in [-0.4, -0.2) is 0 Å². The van der Waals surface area contributed by atoms with Crippen LogP contribution in [0, 0.1) is 0 Å². The van der Waals surface area contributed by atoms with E-state index in [0.29, 0.717) is 5.92 Å². The number of nitrogen functional groups attached to an aromatic ring is 1. The highest BCUT2D eigenvalue weighted by Crippen LogP contribution is 2.28. The molecule has 1 rings (SSSR count). The molecule has 2 N–H and O–H groups in total. The molecule has 0 aliphatic rings. The first-order chi connectivity index (χ1) is 8.17. The van der Waals surface area contributed by atoms with Crippen molar-refractivity contribution in [3.8, 4) is 0 Å². The lowest BCUT2D eigenvalue weighted by molar-refractivity contribution is 0.606. The molecule has 17 heavy (non-hydrogen) atoms. The molecule has 0 radical (unpaired) electrons. The molecule has 0 fully saturated rings. The lowest BCUT2D eigenvalue weighted by Gasteiger charge is -2.17. The van der Waals surface area contributed by atoms with E-state index in [1.165, 1.54) is 30.4 Å². The van der Waals surface area contributed by atoms with Gasteiger partial charge in [0.2, 0.25) is 0 Å². The summed E-state index contributed by atoms with van der Waals surface area (Å²) in [4.78, 5) is 0. The van der Waals surface area contributed by atoms with Crippen LogP contribution in [-0.2, 0) is 0 Å². The maximum atomic E-state index is 5.74. The fourth-order valence-corrected chi connectivity index (χ4v) is 2.32. The van der Waals surface area contributed by atoms with Crippen molar-refractivity contribution in [2.24, 2.45) is 0 Å². The van der Waals surface area contributed by atoms with E-state index in [0.717, 1.165) is 12.1 Å². The fraction of sp³-hybridized carbons (Fsp3) is 0.500. The van der Waals surface area contributed by atoms with E-state index in [-0.39, 0.29) is 0 Å². The molecule has 1 aromatic rings. The van der Waals surface area contributed by atoms with Gasteiger partial charge in [-0.3, -0.25) is 0 Å². The topological polar surface area (TPSA) is 26.0 Å². The number of rotatable bonds is 6. The molecule has 0 bridgehead atoms. The van der Waals surface area contributed by atoms with Gasteiger partial charge in [0.15, 0.2) is 0 Å². The van der Waals surface area contributed by atoms with Crippen molar-refractivity contribution in [1.29, 1.82) is 0 Å². The van der Waals surface area contributed by atoms with Crippen LogP contribution >= 0.6 is 0 Å². The molecule has 1 atom stereocenters. The number of allylic oxidation sites excluding steroid dienone is 2. The summed E-state index contributed by atoms with van der Waals surface area (Å²) >= 11 is 0. The van der Waals surface area contributed by atoms with Crippen LogP contribution in [0.25, 0.3) is 0 Å². The van der Waals surface area contributed by atoms with Crippen molar-refractivity contribution < 1.29 is 0 Å². The van der Waals surface area contributed by atoms with Crippen LogP contribution in [0.4, 0.5) is 5.69 Å². The summed E-state index contributed by atoms with van der Waals surface area (Å²) in [5.41, 5.74) is 9.51. The highest BCUT2D eigenvalue weighted by atomic mass is 14.5. The van der Waals surface area contributed by atoms with Crippen LogP contribution in [0.5, 0.6) is 0 Å². The first-order valence-electron chi connectivity index (χ1n) is 6.68. The van der Waals surface area contributed by atoms with E-state index in [1.54, 1.807) is 0 Å². The second-order valence-corrected chi connectivity index (χ2v) is 4.82. The van der Waals surface area contributed by atoms with Gasteiger partial charge in [-0.1, -0.05) is 44.1 Å². The Morgan fingerprint density at radius 3 is 2.41 bits per heavy atom. The first kappa shape index (κ1) is 13.8. The predicted octanol–water partition coefficient (Wildman–Crippen LogP) is 4.90. The number of hydrogen-bond acceptors (Lipinski definition) is 1. The van der Waals surface area contributed by atoms with Gasteiger partial charge in [0, 0.05) is 5.69 Å². The van der Waals surface area contributed by atoms with Gasteiger partial charge in [0.1, 0.15) is 0 Å².